The van der Waals surface area contributed by atoms with Crippen LogP contribution in [0.25, 0.3) is 10.9 Å². The Kier molecular flexibility index (Phi) is 5.26. The Bertz CT molecular complexity index is 1440. The number of pyridine rings is 3. The highest BCUT2D eigenvalue weighted by Gasteiger charge is 2.44. The minimum atomic E-state index is -3.73. The van der Waals surface area contributed by atoms with Crippen molar-refractivity contribution in [3.63, 3.8) is 0 Å². The van der Waals surface area contributed by atoms with Crippen molar-refractivity contribution in [1.82, 2.24) is 15.0 Å². The number of aromatic nitrogens is 3. The van der Waals surface area contributed by atoms with Crippen LogP contribution in [-0.4, -0.2) is 29.3 Å². The van der Waals surface area contributed by atoms with Gasteiger partial charge in [-0.2, -0.15) is 0 Å². The van der Waals surface area contributed by atoms with Crippen LogP contribution in [0, 0.1) is 12.8 Å². The Morgan fingerprint density at radius 1 is 1.00 bits per heavy atom. The number of nitrogens with one attached hydrogen (secondary N) is 2. The molecule has 0 aliphatic heterocycles. The lowest BCUT2D eigenvalue weighted by Crippen LogP contribution is -2.15. The maximum atomic E-state index is 12.7. The average Bonchev–Trinajstić information content (AvgIpc) is 3.61. The van der Waals surface area contributed by atoms with Crippen LogP contribution in [0.5, 0.6) is 0 Å². The van der Waals surface area contributed by atoms with E-state index >= 15 is 0 Å². The van der Waals surface area contributed by atoms with E-state index in [1.165, 1.54) is 6.20 Å². The summed E-state index contributed by atoms with van der Waals surface area (Å²) in [5, 5.41) is 3.82. The highest BCUT2D eigenvalue weighted by molar-refractivity contribution is 7.92. The van der Waals surface area contributed by atoms with Gasteiger partial charge < -0.3 is 5.32 Å². The smallest absolute Gasteiger partial charge is 0.263 e. The van der Waals surface area contributed by atoms with Crippen molar-refractivity contribution >= 4 is 38.5 Å². The van der Waals surface area contributed by atoms with E-state index < -0.39 is 10.0 Å². The summed E-state index contributed by atoms with van der Waals surface area (Å²) in [6.07, 6.45) is 5.72. The van der Waals surface area contributed by atoms with E-state index in [-0.39, 0.29) is 28.5 Å². The van der Waals surface area contributed by atoms with Crippen LogP contribution in [0.4, 0.5) is 11.6 Å². The van der Waals surface area contributed by atoms with E-state index in [4.69, 9.17) is 0 Å². The summed E-state index contributed by atoms with van der Waals surface area (Å²) in [7, 11) is -3.73. The van der Waals surface area contributed by atoms with Crippen LogP contribution in [-0.2, 0) is 14.8 Å². The zero-order valence-corrected chi connectivity index (χ0v) is 18.6. The van der Waals surface area contributed by atoms with Crippen molar-refractivity contribution in [2.45, 2.75) is 24.2 Å². The van der Waals surface area contributed by atoms with E-state index in [0.717, 1.165) is 22.0 Å². The molecule has 1 aromatic carbocycles. The number of anilines is 2. The number of aryl methyl sites for hydroxylation is 1. The van der Waals surface area contributed by atoms with Crippen LogP contribution in [0.3, 0.4) is 0 Å². The molecule has 0 spiro atoms. The summed E-state index contributed by atoms with van der Waals surface area (Å²) in [4.78, 5) is 25.6. The summed E-state index contributed by atoms with van der Waals surface area (Å²) in [6.45, 7) is 1.93. The second kappa shape index (κ2) is 8.25. The SMILES string of the molecule is Cc1cncc2ccc(NC(=O)C3CC3c3ccc(S(=O)(=O)Nc4ccccn4)cc3)nc12. The van der Waals surface area contributed by atoms with Gasteiger partial charge in [-0.25, -0.2) is 18.4 Å². The average molecular weight is 460 g/mol. The second-order valence-electron chi connectivity index (χ2n) is 8.05. The van der Waals surface area contributed by atoms with E-state index in [1.807, 2.05) is 13.0 Å². The molecule has 1 amide bonds. The number of hydrogen-bond acceptors (Lipinski definition) is 6. The van der Waals surface area contributed by atoms with E-state index in [2.05, 4.69) is 25.0 Å². The molecule has 1 aliphatic carbocycles. The number of benzene rings is 1. The predicted octanol–water partition coefficient (Wildman–Crippen LogP) is 3.88. The molecule has 33 heavy (non-hydrogen) atoms. The number of nitrogens with zero attached hydrogens (tertiary/aromatic N) is 3. The first-order valence-corrected chi connectivity index (χ1v) is 11.9. The molecule has 0 bridgehead atoms. The monoisotopic (exact) mass is 459 g/mol. The quantitative estimate of drug-likeness (QED) is 0.452. The fourth-order valence-electron chi connectivity index (χ4n) is 3.84. The van der Waals surface area contributed by atoms with Crippen LogP contribution in [0.2, 0.25) is 0 Å². The normalized spacial score (nSPS) is 17.5. The third-order valence-electron chi connectivity index (χ3n) is 5.68. The first kappa shape index (κ1) is 21.0. The van der Waals surface area contributed by atoms with Crippen molar-refractivity contribution in [2.75, 3.05) is 10.0 Å². The first-order valence-electron chi connectivity index (χ1n) is 10.5. The molecule has 1 saturated carbocycles. The van der Waals surface area contributed by atoms with Gasteiger partial charge in [-0.3, -0.25) is 14.5 Å². The molecule has 2 N–H and O–H groups in total. The Balaban J connectivity index is 1.25. The lowest BCUT2D eigenvalue weighted by molar-refractivity contribution is -0.117. The molecule has 2 unspecified atom stereocenters. The number of amides is 1. The highest BCUT2D eigenvalue weighted by atomic mass is 32.2. The largest absolute Gasteiger partial charge is 0.310 e. The Hall–Kier alpha value is -3.85. The van der Waals surface area contributed by atoms with Crippen LogP contribution in [0.15, 0.2) is 78.1 Å². The molecule has 1 aliphatic rings. The number of hydrogen-bond donors (Lipinski definition) is 2. The van der Waals surface area contributed by atoms with Gasteiger partial charge in [-0.1, -0.05) is 18.2 Å². The molecule has 3 aromatic heterocycles. The minimum Gasteiger partial charge on any atom is -0.310 e. The third-order valence-corrected chi connectivity index (χ3v) is 7.05. The van der Waals surface area contributed by atoms with Gasteiger partial charge >= 0.3 is 0 Å². The molecule has 9 heteroatoms. The molecule has 3 heterocycles. The van der Waals surface area contributed by atoms with Crippen molar-refractivity contribution in [1.29, 1.82) is 0 Å². The van der Waals surface area contributed by atoms with Crippen molar-refractivity contribution < 1.29 is 13.2 Å². The Labute approximate surface area is 191 Å². The van der Waals surface area contributed by atoms with Gasteiger partial charge in [0.15, 0.2) is 0 Å². The molecule has 8 nitrogen and oxygen atoms in total. The highest BCUT2D eigenvalue weighted by Crippen LogP contribution is 2.48. The molecular formula is C24H21N5O3S. The fourth-order valence-corrected chi connectivity index (χ4v) is 4.84. The fraction of sp³-hybridized carbons (Fsp3) is 0.167. The molecule has 1 fully saturated rings. The zero-order chi connectivity index (χ0) is 23.0. The van der Waals surface area contributed by atoms with E-state index in [9.17, 15) is 13.2 Å². The van der Waals surface area contributed by atoms with Crippen LogP contribution >= 0.6 is 0 Å². The number of sulfonamides is 1. The molecule has 0 saturated heterocycles. The molecule has 2 atom stereocenters. The maximum absolute atomic E-state index is 12.7. The summed E-state index contributed by atoms with van der Waals surface area (Å²) >= 11 is 0. The lowest BCUT2D eigenvalue weighted by Gasteiger charge is -2.08. The summed E-state index contributed by atoms with van der Waals surface area (Å²) in [5.74, 6) is 0.558. The number of fused-ring (bicyclic) bond motifs is 1. The van der Waals surface area contributed by atoms with Crippen molar-refractivity contribution in [3.8, 4) is 0 Å². The van der Waals surface area contributed by atoms with E-state index in [1.54, 1.807) is 60.9 Å². The number of rotatable bonds is 6. The second-order valence-corrected chi connectivity index (χ2v) is 9.73. The maximum Gasteiger partial charge on any atom is 0.263 e. The third kappa shape index (κ3) is 4.40. The molecule has 5 rings (SSSR count). The van der Waals surface area contributed by atoms with Gasteiger partial charge in [0.25, 0.3) is 10.0 Å². The number of carbonyl (C=O) groups excluding carboxylic acids is 1. The van der Waals surface area contributed by atoms with Gasteiger partial charge in [0.05, 0.1) is 10.4 Å². The molecule has 0 radical (unpaired) electrons. The molecular weight excluding hydrogens is 438 g/mol. The van der Waals surface area contributed by atoms with Gasteiger partial charge in [0.1, 0.15) is 11.6 Å². The van der Waals surface area contributed by atoms with Crippen molar-refractivity contribution in [2.24, 2.45) is 5.92 Å². The summed E-state index contributed by atoms with van der Waals surface area (Å²) in [5.41, 5.74) is 2.69. The molecule has 166 valence electrons. The van der Waals surface area contributed by atoms with Gasteiger partial charge in [0.2, 0.25) is 5.91 Å². The topological polar surface area (TPSA) is 114 Å². The van der Waals surface area contributed by atoms with Crippen LogP contribution < -0.4 is 10.0 Å². The minimum absolute atomic E-state index is 0.0527. The predicted molar refractivity (Wildman–Crippen MR) is 125 cm³/mol. The Morgan fingerprint density at radius 3 is 2.58 bits per heavy atom. The zero-order valence-electron chi connectivity index (χ0n) is 17.8. The van der Waals surface area contributed by atoms with Gasteiger partial charge in [0, 0.05) is 29.9 Å². The van der Waals surface area contributed by atoms with Crippen molar-refractivity contribution in [3.05, 3.63) is 84.3 Å². The van der Waals surface area contributed by atoms with E-state index in [0.29, 0.717) is 12.2 Å². The van der Waals surface area contributed by atoms with Crippen LogP contribution in [0.1, 0.15) is 23.5 Å². The van der Waals surface area contributed by atoms with Gasteiger partial charge in [-0.05, 0) is 66.8 Å². The summed E-state index contributed by atoms with van der Waals surface area (Å²) < 4.78 is 27.6. The first-order chi connectivity index (χ1) is 15.9. The Morgan fingerprint density at radius 2 is 1.82 bits per heavy atom. The van der Waals surface area contributed by atoms with Gasteiger partial charge in [-0.15, -0.1) is 0 Å². The lowest BCUT2D eigenvalue weighted by atomic mass is 10.1. The molecule has 4 aromatic rings. The summed E-state index contributed by atoms with van der Waals surface area (Å²) in [6, 6.07) is 15.3. The number of carbonyl (C=O) groups is 1. The standard InChI is InChI=1S/C24H21N5O3S/c1-15-13-25-14-17-7-10-22(27-23(15)17)28-24(30)20-12-19(20)16-5-8-18(9-6-16)33(31,32)29-21-4-2-3-11-26-21/h2-11,13-14,19-20H,12H2,1H3,(H,26,29)(H,27,28,30).